The minimum atomic E-state index is -3.78. The van der Waals surface area contributed by atoms with Gasteiger partial charge in [0.1, 0.15) is 6.61 Å². The lowest BCUT2D eigenvalue weighted by atomic mass is 10.2. The molecule has 1 atom stereocenters. The molecule has 1 fully saturated rings. The lowest BCUT2D eigenvalue weighted by Gasteiger charge is -2.30. The molecule has 9 heteroatoms. The summed E-state index contributed by atoms with van der Waals surface area (Å²) >= 11 is 6.10. The van der Waals surface area contributed by atoms with E-state index < -0.39 is 16.1 Å². The topological polar surface area (TPSA) is 84.9 Å². The van der Waals surface area contributed by atoms with Gasteiger partial charge in [-0.1, -0.05) is 42.6 Å². The summed E-state index contributed by atoms with van der Waals surface area (Å²) in [4.78, 5) is 14.7. The number of carbonyl (C=O) groups is 1. The molecule has 1 amide bonds. The van der Waals surface area contributed by atoms with E-state index in [0.717, 1.165) is 38.8 Å². The first-order valence-corrected chi connectivity index (χ1v) is 12.3. The molecule has 2 aromatic rings. The fraction of sp³-hybridized carbons (Fsp3) is 0.409. The van der Waals surface area contributed by atoms with Gasteiger partial charge in [0.2, 0.25) is 16.1 Å². The zero-order chi connectivity index (χ0) is 21.8. The number of halogens is 1. The van der Waals surface area contributed by atoms with Gasteiger partial charge in [0, 0.05) is 30.7 Å². The van der Waals surface area contributed by atoms with Crippen molar-refractivity contribution in [2.75, 3.05) is 19.7 Å². The van der Waals surface area contributed by atoms with Gasteiger partial charge >= 0.3 is 0 Å². The van der Waals surface area contributed by atoms with Gasteiger partial charge in [-0.15, -0.1) is 0 Å². The highest BCUT2D eigenvalue weighted by Gasteiger charge is 2.32. The van der Waals surface area contributed by atoms with Crippen molar-refractivity contribution in [3.63, 3.8) is 0 Å². The molecule has 166 valence electrons. The molecule has 2 aliphatic heterocycles. The van der Waals surface area contributed by atoms with Crippen LogP contribution in [0.2, 0.25) is 5.02 Å². The Bertz CT molecular complexity index is 1050. The van der Waals surface area contributed by atoms with Crippen molar-refractivity contribution in [3.8, 4) is 11.5 Å². The summed E-state index contributed by atoms with van der Waals surface area (Å²) < 4.78 is 39.5. The number of hydrogen-bond acceptors (Lipinski definition) is 5. The van der Waals surface area contributed by atoms with Crippen LogP contribution in [0.1, 0.15) is 31.2 Å². The molecule has 1 saturated heterocycles. The van der Waals surface area contributed by atoms with Gasteiger partial charge in [0.05, 0.1) is 4.90 Å². The van der Waals surface area contributed by atoms with Crippen LogP contribution in [0.3, 0.4) is 0 Å². The summed E-state index contributed by atoms with van der Waals surface area (Å²) in [5.74, 6) is 0.593. The normalized spacial score (nSPS) is 19.0. The zero-order valence-corrected chi connectivity index (χ0v) is 18.6. The van der Waals surface area contributed by atoms with Crippen LogP contribution >= 0.6 is 11.6 Å². The van der Waals surface area contributed by atoms with E-state index in [9.17, 15) is 13.2 Å². The number of benzene rings is 2. The van der Waals surface area contributed by atoms with Crippen LogP contribution in [0.25, 0.3) is 0 Å². The molecule has 1 N–H and O–H groups in total. The van der Waals surface area contributed by atoms with E-state index in [4.69, 9.17) is 21.1 Å². The molecule has 0 spiro atoms. The van der Waals surface area contributed by atoms with E-state index in [1.54, 1.807) is 24.3 Å². The van der Waals surface area contributed by atoms with Gasteiger partial charge in [-0.25, -0.2) is 13.1 Å². The molecule has 0 aliphatic carbocycles. The molecule has 0 aromatic heterocycles. The van der Waals surface area contributed by atoms with Crippen molar-refractivity contribution in [1.82, 2.24) is 9.62 Å². The number of nitrogens with zero attached hydrogens (tertiary/aromatic N) is 1. The minimum absolute atomic E-state index is 0.0545. The van der Waals surface area contributed by atoms with Crippen molar-refractivity contribution in [2.24, 2.45) is 0 Å². The van der Waals surface area contributed by atoms with Crippen LogP contribution in [0.4, 0.5) is 0 Å². The number of nitrogens with one attached hydrogen (secondary N) is 1. The molecule has 0 radical (unpaired) electrons. The van der Waals surface area contributed by atoms with Crippen LogP contribution in [-0.2, 0) is 21.4 Å². The number of amides is 1. The van der Waals surface area contributed by atoms with E-state index >= 15 is 0 Å². The fourth-order valence-corrected chi connectivity index (χ4v) is 4.96. The van der Waals surface area contributed by atoms with Crippen LogP contribution in [0, 0.1) is 0 Å². The molecule has 31 heavy (non-hydrogen) atoms. The predicted molar refractivity (Wildman–Crippen MR) is 117 cm³/mol. The first-order valence-electron chi connectivity index (χ1n) is 10.4. The van der Waals surface area contributed by atoms with Gasteiger partial charge in [-0.05, 0) is 36.6 Å². The molecule has 0 bridgehead atoms. The fourth-order valence-electron chi connectivity index (χ4n) is 3.73. The largest absolute Gasteiger partial charge is 0.485 e. The maximum absolute atomic E-state index is 12.8. The van der Waals surface area contributed by atoms with Gasteiger partial charge in [0.25, 0.3) is 5.91 Å². The highest BCUT2D eigenvalue weighted by Crippen LogP contribution is 2.34. The Morgan fingerprint density at radius 1 is 1.06 bits per heavy atom. The van der Waals surface area contributed by atoms with E-state index in [-0.39, 0.29) is 24.0 Å². The minimum Gasteiger partial charge on any atom is -0.485 e. The van der Waals surface area contributed by atoms with Gasteiger partial charge < -0.3 is 14.4 Å². The van der Waals surface area contributed by atoms with Crippen LogP contribution in [-0.4, -0.2) is 45.0 Å². The summed E-state index contributed by atoms with van der Waals surface area (Å²) in [6.45, 7) is 1.60. The Morgan fingerprint density at radius 3 is 2.55 bits per heavy atom. The molecule has 4 rings (SSSR count). The van der Waals surface area contributed by atoms with Crippen LogP contribution in [0.5, 0.6) is 11.5 Å². The Kier molecular flexibility index (Phi) is 6.69. The number of rotatable bonds is 5. The monoisotopic (exact) mass is 464 g/mol. The summed E-state index contributed by atoms with van der Waals surface area (Å²) in [6.07, 6.45) is 3.55. The number of fused-ring (bicyclic) bond motifs is 1. The van der Waals surface area contributed by atoms with E-state index in [1.807, 2.05) is 4.90 Å². The third-order valence-electron chi connectivity index (χ3n) is 5.49. The number of hydrogen-bond donors (Lipinski definition) is 1. The number of carbonyl (C=O) groups excluding carboxylic acids is 1. The van der Waals surface area contributed by atoms with E-state index in [1.165, 1.54) is 18.2 Å². The second kappa shape index (κ2) is 9.46. The number of ether oxygens (including phenoxy) is 2. The summed E-state index contributed by atoms with van der Waals surface area (Å²) in [6, 6.07) is 11.4. The molecular formula is C22H25ClN2O5S. The maximum Gasteiger partial charge on any atom is 0.267 e. The molecular weight excluding hydrogens is 440 g/mol. The van der Waals surface area contributed by atoms with Crippen molar-refractivity contribution >= 4 is 27.5 Å². The summed E-state index contributed by atoms with van der Waals surface area (Å²) in [5.41, 5.74) is 0.681. The standard InChI is InChI=1S/C22H25ClN2O5S/c23-18-8-4-3-7-16(18)14-24-31(27,28)17-9-10-19-20(13-17)29-15-21(30-19)22(26)25-11-5-1-2-6-12-25/h3-4,7-10,13,21,24H,1-2,5-6,11-12,14-15H2. The second-order valence-corrected chi connectivity index (χ2v) is 9.86. The maximum atomic E-state index is 12.8. The lowest BCUT2D eigenvalue weighted by Crippen LogP contribution is -2.46. The third-order valence-corrected chi connectivity index (χ3v) is 7.26. The third kappa shape index (κ3) is 5.14. The Morgan fingerprint density at radius 2 is 1.81 bits per heavy atom. The van der Waals surface area contributed by atoms with Gasteiger partial charge in [0.15, 0.2) is 11.5 Å². The molecule has 2 aromatic carbocycles. The number of sulfonamides is 1. The first kappa shape index (κ1) is 21.9. The predicted octanol–water partition coefficient (Wildman–Crippen LogP) is 3.36. The zero-order valence-electron chi connectivity index (χ0n) is 17.1. The van der Waals surface area contributed by atoms with Crippen LogP contribution in [0.15, 0.2) is 47.4 Å². The Labute approximate surface area is 187 Å². The molecule has 1 unspecified atom stereocenters. The quantitative estimate of drug-likeness (QED) is 0.733. The SMILES string of the molecule is O=C(C1COc2cc(S(=O)(=O)NCc3ccccc3Cl)ccc2O1)N1CCCCCC1. The van der Waals surface area contributed by atoms with Gasteiger partial charge in [-0.3, -0.25) is 4.79 Å². The highest BCUT2D eigenvalue weighted by molar-refractivity contribution is 7.89. The number of likely N-dealkylation sites (tertiary alicyclic amines) is 1. The molecule has 7 nitrogen and oxygen atoms in total. The van der Waals surface area contributed by atoms with Gasteiger partial charge in [-0.2, -0.15) is 0 Å². The molecule has 2 aliphatic rings. The average Bonchev–Trinajstić information content (AvgIpc) is 3.07. The van der Waals surface area contributed by atoms with E-state index in [0.29, 0.717) is 22.1 Å². The van der Waals surface area contributed by atoms with Crippen molar-refractivity contribution in [1.29, 1.82) is 0 Å². The average molecular weight is 465 g/mol. The lowest BCUT2D eigenvalue weighted by molar-refractivity contribution is -0.141. The van der Waals surface area contributed by atoms with Crippen molar-refractivity contribution in [2.45, 2.75) is 43.2 Å². The summed E-state index contributed by atoms with van der Waals surface area (Å²) in [7, 11) is -3.78. The van der Waals surface area contributed by atoms with E-state index in [2.05, 4.69) is 4.72 Å². The van der Waals surface area contributed by atoms with Crippen LogP contribution < -0.4 is 14.2 Å². The highest BCUT2D eigenvalue weighted by atomic mass is 35.5. The van der Waals surface area contributed by atoms with Crippen molar-refractivity contribution in [3.05, 3.63) is 53.1 Å². The summed E-state index contributed by atoms with van der Waals surface area (Å²) in [5, 5.41) is 0.493. The second-order valence-electron chi connectivity index (χ2n) is 7.68. The first-order chi connectivity index (χ1) is 14.9. The Hall–Kier alpha value is -2.29. The molecule has 2 heterocycles. The smallest absolute Gasteiger partial charge is 0.267 e. The molecule has 0 saturated carbocycles. The Balaban J connectivity index is 1.43. The van der Waals surface area contributed by atoms with Crippen molar-refractivity contribution < 1.29 is 22.7 Å².